The Labute approximate surface area is 153 Å². The van der Waals surface area contributed by atoms with Crippen molar-refractivity contribution < 1.29 is 19.1 Å². The average molecular weight is 365 g/mol. The molecule has 0 radical (unpaired) electrons. The van der Waals surface area contributed by atoms with E-state index in [0.29, 0.717) is 22.5 Å². The highest BCUT2D eigenvalue weighted by molar-refractivity contribution is 6.12. The third kappa shape index (κ3) is 2.13. The molecule has 0 saturated heterocycles. The molecule has 1 amide bonds. The van der Waals surface area contributed by atoms with E-state index in [9.17, 15) is 14.9 Å². The largest absolute Gasteiger partial charge is 0.466 e. The van der Waals surface area contributed by atoms with Crippen molar-refractivity contribution in [3.63, 3.8) is 0 Å². The molecule has 4 rings (SSSR count). The van der Waals surface area contributed by atoms with E-state index >= 15 is 0 Å². The van der Waals surface area contributed by atoms with E-state index in [0.717, 1.165) is 0 Å². The van der Waals surface area contributed by atoms with Gasteiger partial charge in [0.05, 0.1) is 24.3 Å². The summed E-state index contributed by atoms with van der Waals surface area (Å²) in [5, 5.41) is 19.3. The van der Waals surface area contributed by atoms with Crippen LogP contribution in [0.25, 0.3) is 0 Å². The predicted octanol–water partition coefficient (Wildman–Crippen LogP) is 0.840. The number of fused-ring (bicyclic) bond motifs is 4. The van der Waals surface area contributed by atoms with E-state index in [-0.39, 0.29) is 30.4 Å². The Morgan fingerprint density at radius 3 is 2.96 bits per heavy atom. The molecule has 136 valence electrons. The molecule has 0 saturated carbocycles. The number of hydrogen-bond acceptors (Lipinski definition) is 7. The van der Waals surface area contributed by atoms with Gasteiger partial charge in [-0.25, -0.2) is 0 Å². The summed E-state index contributed by atoms with van der Waals surface area (Å²) in [5.74, 6) is -1.10. The van der Waals surface area contributed by atoms with Crippen molar-refractivity contribution in [1.82, 2.24) is 10.2 Å². The molecule has 0 aliphatic carbocycles. The number of aromatic amines is 1. The second kappa shape index (κ2) is 5.88. The van der Waals surface area contributed by atoms with Crippen molar-refractivity contribution in [2.75, 3.05) is 11.9 Å². The van der Waals surface area contributed by atoms with Crippen molar-refractivity contribution in [2.45, 2.75) is 18.8 Å². The molecular weight excluding hydrogens is 350 g/mol. The van der Waals surface area contributed by atoms with Crippen LogP contribution in [-0.4, -0.2) is 28.7 Å². The summed E-state index contributed by atoms with van der Waals surface area (Å²) in [6.07, 6.45) is -0.157. The lowest BCUT2D eigenvalue weighted by molar-refractivity contribution is -0.142. The lowest BCUT2D eigenvalue weighted by Crippen LogP contribution is -2.43. The molecule has 1 aromatic carbocycles. The Hall–Kier alpha value is -3.80. The third-order valence-electron chi connectivity index (χ3n) is 4.67. The maximum atomic E-state index is 13.2. The van der Waals surface area contributed by atoms with Crippen molar-refractivity contribution in [3.05, 3.63) is 52.5 Å². The molecule has 1 aromatic heterocycles. The van der Waals surface area contributed by atoms with E-state index < -0.39 is 17.3 Å². The molecule has 0 fully saturated rings. The highest BCUT2D eigenvalue weighted by Gasteiger charge is 2.58. The van der Waals surface area contributed by atoms with Gasteiger partial charge in [-0.15, -0.1) is 5.10 Å². The molecular formula is C18H15N5O4. The summed E-state index contributed by atoms with van der Waals surface area (Å²) in [6.45, 7) is 1.92. The number of benzene rings is 1. The maximum absolute atomic E-state index is 13.2. The average Bonchev–Trinajstić information content (AvgIpc) is 3.15. The maximum Gasteiger partial charge on any atom is 0.311 e. The number of carbonyl (C=O) groups excluding carboxylic acids is 2. The Morgan fingerprint density at radius 2 is 2.22 bits per heavy atom. The van der Waals surface area contributed by atoms with Crippen molar-refractivity contribution in [2.24, 2.45) is 5.73 Å². The number of amides is 1. The zero-order valence-electron chi connectivity index (χ0n) is 14.3. The third-order valence-corrected chi connectivity index (χ3v) is 4.67. The summed E-state index contributed by atoms with van der Waals surface area (Å²) in [4.78, 5) is 25.2. The fraction of sp³-hybridized carbons (Fsp3) is 0.222. The number of hydrogen-bond donors (Lipinski definition) is 3. The van der Waals surface area contributed by atoms with E-state index in [1.54, 1.807) is 31.2 Å². The van der Waals surface area contributed by atoms with Crippen LogP contribution in [0.5, 0.6) is 5.88 Å². The van der Waals surface area contributed by atoms with E-state index in [1.165, 1.54) is 0 Å². The lowest BCUT2D eigenvalue weighted by Gasteiger charge is -2.31. The van der Waals surface area contributed by atoms with E-state index in [1.807, 2.05) is 6.07 Å². The van der Waals surface area contributed by atoms with Gasteiger partial charge in [0, 0.05) is 11.3 Å². The van der Waals surface area contributed by atoms with Crippen LogP contribution < -0.4 is 15.8 Å². The number of carbonyl (C=O) groups is 2. The molecule has 4 N–H and O–H groups in total. The minimum Gasteiger partial charge on any atom is -0.466 e. The first-order valence-electron chi connectivity index (χ1n) is 8.26. The quantitative estimate of drug-likeness (QED) is 0.684. The van der Waals surface area contributed by atoms with Crippen LogP contribution in [0.4, 0.5) is 5.69 Å². The molecule has 9 heteroatoms. The first kappa shape index (κ1) is 16.7. The van der Waals surface area contributed by atoms with Crippen LogP contribution in [-0.2, 0) is 26.2 Å². The number of nitrogens with two attached hydrogens (primary N) is 1. The molecule has 1 atom stereocenters. The molecule has 2 aromatic rings. The molecule has 2 aliphatic heterocycles. The Morgan fingerprint density at radius 1 is 1.44 bits per heavy atom. The topological polar surface area (TPSA) is 143 Å². The monoisotopic (exact) mass is 365 g/mol. The minimum absolute atomic E-state index is 0.0519. The van der Waals surface area contributed by atoms with E-state index in [4.69, 9.17) is 15.2 Å². The number of rotatable bonds is 3. The van der Waals surface area contributed by atoms with E-state index in [2.05, 4.69) is 15.5 Å². The SMILES string of the molecule is CCOC(=O)Cc1[nH]nc2c1[C@]1(C(=O)Nc3ccccc31)C(C#N)=C(N)O2. The van der Waals surface area contributed by atoms with Crippen LogP contribution in [0.1, 0.15) is 23.7 Å². The number of anilines is 1. The second-order valence-electron chi connectivity index (χ2n) is 6.07. The van der Waals surface area contributed by atoms with Gasteiger partial charge in [0.2, 0.25) is 17.7 Å². The fourth-order valence-electron chi connectivity index (χ4n) is 3.66. The fourth-order valence-corrected chi connectivity index (χ4v) is 3.66. The molecule has 0 bridgehead atoms. The summed E-state index contributed by atoms with van der Waals surface area (Å²) in [6, 6.07) is 8.99. The smallest absolute Gasteiger partial charge is 0.311 e. The number of ether oxygens (including phenoxy) is 2. The van der Waals surface area contributed by atoms with Gasteiger partial charge in [-0.1, -0.05) is 18.2 Å². The van der Waals surface area contributed by atoms with Crippen LogP contribution in [0, 0.1) is 11.3 Å². The second-order valence-corrected chi connectivity index (χ2v) is 6.07. The molecule has 3 heterocycles. The zero-order chi connectivity index (χ0) is 19.2. The molecule has 2 aliphatic rings. The van der Waals surface area contributed by atoms with Crippen LogP contribution in [0.3, 0.4) is 0 Å². The Bertz CT molecular complexity index is 1050. The van der Waals surface area contributed by atoms with Gasteiger partial charge in [0.1, 0.15) is 17.1 Å². The van der Waals surface area contributed by atoms with Crippen molar-refractivity contribution >= 4 is 17.6 Å². The highest BCUT2D eigenvalue weighted by Crippen LogP contribution is 2.53. The molecule has 0 unspecified atom stereocenters. The summed E-state index contributed by atoms with van der Waals surface area (Å²) >= 11 is 0. The van der Waals surface area contributed by atoms with Crippen molar-refractivity contribution in [1.29, 1.82) is 5.26 Å². The minimum atomic E-state index is -1.54. The Balaban J connectivity index is 2.00. The molecule has 1 spiro atoms. The first-order valence-corrected chi connectivity index (χ1v) is 8.26. The highest BCUT2D eigenvalue weighted by atomic mass is 16.5. The molecule has 27 heavy (non-hydrogen) atoms. The number of nitriles is 1. The lowest BCUT2D eigenvalue weighted by atomic mass is 9.69. The number of para-hydroxylation sites is 1. The number of nitrogens with one attached hydrogen (secondary N) is 2. The van der Waals surface area contributed by atoms with Gasteiger partial charge >= 0.3 is 5.97 Å². The predicted molar refractivity (Wildman–Crippen MR) is 92.2 cm³/mol. The summed E-state index contributed by atoms with van der Waals surface area (Å²) in [5.41, 5.74) is 6.08. The van der Waals surface area contributed by atoms with Crippen LogP contribution >= 0.6 is 0 Å². The number of esters is 1. The number of nitrogens with zero attached hydrogens (tertiary/aromatic N) is 2. The standard InChI is InChI=1S/C18H15N5O4/c1-2-26-13(24)7-12-14-16(23-22-12)27-15(20)10(8-19)18(14)9-5-3-4-6-11(9)21-17(18)25/h3-6H,2,7,20H2,1H3,(H,21,25)(H,22,23)/t18-/m1/s1. The van der Waals surface area contributed by atoms with Gasteiger partial charge < -0.3 is 20.5 Å². The summed E-state index contributed by atoms with van der Waals surface area (Å²) in [7, 11) is 0. The number of aromatic nitrogens is 2. The van der Waals surface area contributed by atoms with Gasteiger partial charge in [0.15, 0.2) is 0 Å². The molecule has 9 nitrogen and oxygen atoms in total. The van der Waals surface area contributed by atoms with Crippen LogP contribution in [0.2, 0.25) is 0 Å². The van der Waals surface area contributed by atoms with Gasteiger partial charge in [-0.3, -0.25) is 14.7 Å². The van der Waals surface area contributed by atoms with Gasteiger partial charge in [-0.2, -0.15) is 5.26 Å². The zero-order valence-corrected chi connectivity index (χ0v) is 14.3. The van der Waals surface area contributed by atoms with Gasteiger partial charge in [0.25, 0.3) is 0 Å². The normalized spacial score (nSPS) is 19.8. The first-order chi connectivity index (χ1) is 13.0. The Kier molecular flexibility index (Phi) is 3.63. The van der Waals surface area contributed by atoms with Crippen molar-refractivity contribution in [3.8, 4) is 11.9 Å². The summed E-state index contributed by atoms with van der Waals surface area (Å²) < 4.78 is 10.5. The number of H-pyrrole nitrogens is 1. The van der Waals surface area contributed by atoms with Crippen LogP contribution in [0.15, 0.2) is 35.7 Å². The van der Waals surface area contributed by atoms with Gasteiger partial charge in [-0.05, 0) is 13.0 Å².